The Hall–Kier alpha value is -3.51. The van der Waals surface area contributed by atoms with E-state index in [4.69, 9.17) is 9.57 Å². The molecular weight excluding hydrogens is 322 g/mol. The van der Waals surface area contributed by atoms with Crippen molar-refractivity contribution in [2.75, 3.05) is 7.11 Å². The molecule has 0 aliphatic rings. The fourth-order valence-corrected chi connectivity index (χ4v) is 2.31. The molecule has 26 heavy (non-hydrogen) atoms. The molecule has 0 aliphatic carbocycles. The van der Waals surface area contributed by atoms with Crippen LogP contribution in [-0.4, -0.2) is 13.3 Å². The molecule has 3 aromatic carbocycles. The van der Waals surface area contributed by atoms with Crippen molar-refractivity contribution in [3.63, 3.8) is 0 Å². The molecule has 3 nitrogen and oxygen atoms in total. The van der Waals surface area contributed by atoms with Gasteiger partial charge in [-0.25, -0.2) is 0 Å². The van der Waals surface area contributed by atoms with E-state index in [1.165, 1.54) is 0 Å². The van der Waals surface area contributed by atoms with Gasteiger partial charge in [-0.15, -0.1) is 0 Å². The molecule has 0 bridgehead atoms. The zero-order chi connectivity index (χ0) is 18.0. The molecule has 1 atom stereocenters. The average Bonchev–Trinajstić information content (AvgIpc) is 2.72. The Balaban J connectivity index is 1.75. The van der Waals surface area contributed by atoms with Gasteiger partial charge in [0.15, 0.2) is 0 Å². The highest BCUT2D eigenvalue weighted by atomic mass is 16.6. The van der Waals surface area contributed by atoms with E-state index in [0.717, 1.165) is 22.4 Å². The van der Waals surface area contributed by atoms with E-state index < -0.39 is 6.10 Å². The normalized spacial score (nSPS) is 11.4. The molecule has 0 spiro atoms. The van der Waals surface area contributed by atoms with E-state index in [-0.39, 0.29) is 0 Å². The number of hydrogen-bond acceptors (Lipinski definition) is 3. The number of benzene rings is 3. The minimum atomic E-state index is -0.439. The third-order valence-corrected chi connectivity index (χ3v) is 3.71. The van der Waals surface area contributed by atoms with E-state index in [2.05, 4.69) is 17.0 Å². The fourth-order valence-electron chi connectivity index (χ4n) is 2.31. The molecule has 3 aromatic rings. The third-order valence-electron chi connectivity index (χ3n) is 3.71. The Morgan fingerprint density at radius 3 is 2.15 bits per heavy atom. The molecule has 0 amide bonds. The largest absolute Gasteiger partial charge is 0.497 e. The molecule has 0 aromatic heterocycles. The second-order valence-corrected chi connectivity index (χ2v) is 5.54. The van der Waals surface area contributed by atoms with Crippen LogP contribution < -0.4 is 4.74 Å². The number of rotatable bonds is 5. The van der Waals surface area contributed by atoms with Gasteiger partial charge in [-0.1, -0.05) is 59.6 Å². The lowest BCUT2D eigenvalue weighted by atomic mass is 10.1. The second kappa shape index (κ2) is 9.10. The van der Waals surface area contributed by atoms with Gasteiger partial charge in [0.2, 0.25) is 6.10 Å². The Labute approximate surface area is 153 Å². The highest BCUT2D eigenvalue weighted by Crippen LogP contribution is 2.17. The van der Waals surface area contributed by atoms with Gasteiger partial charge in [0, 0.05) is 11.1 Å². The van der Waals surface area contributed by atoms with Crippen LogP contribution in [0.5, 0.6) is 5.75 Å². The topological polar surface area (TPSA) is 30.8 Å². The van der Waals surface area contributed by atoms with Crippen molar-refractivity contribution in [2.24, 2.45) is 5.16 Å². The summed E-state index contributed by atoms with van der Waals surface area (Å²) >= 11 is 0. The molecule has 0 radical (unpaired) electrons. The summed E-state index contributed by atoms with van der Waals surface area (Å²) in [5.41, 5.74) is 2.83. The highest BCUT2D eigenvalue weighted by Gasteiger charge is 2.08. The summed E-state index contributed by atoms with van der Waals surface area (Å²) in [4.78, 5) is 5.67. The van der Waals surface area contributed by atoms with Gasteiger partial charge >= 0.3 is 0 Å². The summed E-state index contributed by atoms with van der Waals surface area (Å²) in [6.45, 7) is 0. The van der Waals surface area contributed by atoms with Crippen LogP contribution in [0.4, 0.5) is 0 Å². The maximum Gasteiger partial charge on any atom is 0.213 e. The molecule has 0 aliphatic heterocycles. The van der Waals surface area contributed by atoms with Crippen molar-refractivity contribution >= 4 is 6.21 Å². The van der Waals surface area contributed by atoms with Crippen LogP contribution in [0.25, 0.3) is 0 Å². The predicted molar refractivity (Wildman–Crippen MR) is 104 cm³/mol. The maximum absolute atomic E-state index is 5.67. The summed E-state index contributed by atoms with van der Waals surface area (Å²) in [6.07, 6.45) is 1.23. The van der Waals surface area contributed by atoms with Gasteiger partial charge < -0.3 is 9.57 Å². The summed E-state index contributed by atoms with van der Waals surface area (Å²) in [6, 6.07) is 27.3. The lowest BCUT2D eigenvalue weighted by Crippen LogP contribution is -1.98. The molecule has 0 saturated carbocycles. The molecular formula is C23H19NO2. The van der Waals surface area contributed by atoms with Crippen molar-refractivity contribution < 1.29 is 9.57 Å². The third kappa shape index (κ3) is 4.99. The number of ether oxygens (including phenoxy) is 1. The van der Waals surface area contributed by atoms with E-state index in [1.54, 1.807) is 13.3 Å². The molecule has 0 N–H and O–H groups in total. The maximum atomic E-state index is 5.67. The van der Waals surface area contributed by atoms with Crippen LogP contribution in [0, 0.1) is 11.8 Å². The Morgan fingerprint density at radius 1 is 0.846 bits per heavy atom. The minimum absolute atomic E-state index is 0.439. The second-order valence-electron chi connectivity index (χ2n) is 5.54. The van der Waals surface area contributed by atoms with Gasteiger partial charge in [-0.3, -0.25) is 0 Å². The van der Waals surface area contributed by atoms with Crippen LogP contribution in [0.15, 0.2) is 90.1 Å². The van der Waals surface area contributed by atoms with Crippen LogP contribution in [0.2, 0.25) is 0 Å². The average molecular weight is 341 g/mol. The Kier molecular flexibility index (Phi) is 6.06. The van der Waals surface area contributed by atoms with Crippen molar-refractivity contribution in [2.45, 2.75) is 6.10 Å². The zero-order valence-electron chi connectivity index (χ0n) is 14.5. The molecule has 0 heterocycles. The van der Waals surface area contributed by atoms with Crippen molar-refractivity contribution in [3.05, 3.63) is 102 Å². The smallest absolute Gasteiger partial charge is 0.213 e. The monoisotopic (exact) mass is 341 g/mol. The first-order valence-corrected chi connectivity index (χ1v) is 8.30. The summed E-state index contributed by atoms with van der Waals surface area (Å²) in [7, 11) is 1.64. The zero-order valence-corrected chi connectivity index (χ0v) is 14.5. The number of oxime groups is 1. The lowest BCUT2D eigenvalue weighted by molar-refractivity contribution is 0.101. The van der Waals surface area contributed by atoms with Gasteiger partial charge in [0.25, 0.3) is 0 Å². The van der Waals surface area contributed by atoms with Gasteiger partial charge in [-0.05, 0) is 47.9 Å². The van der Waals surface area contributed by atoms with Crippen LogP contribution in [0.3, 0.4) is 0 Å². The van der Waals surface area contributed by atoms with Crippen LogP contribution >= 0.6 is 0 Å². The SMILES string of the molecule is COc1ccc(/C=N/OC(C#Cc2ccccc2)c2ccccc2)cc1. The number of methoxy groups -OCH3 is 1. The molecule has 0 fully saturated rings. The standard InChI is InChI=1S/C23H19NO2/c1-25-22-15-12-20(13-16-22)18-24-26-23(21-10-6-3-7-11-21)17-14-19-8-4-2-5-9-19/h2-13,15-16,18,23H,1H3/b24-18+. The van der Waals surface area contributed by atoms with Gasteiger partial charge in [0.1, 0.15) is 5.75 Å². The van der Waals surface area contributed by atoms with Crippen LogP contribution in [0.1, 0.15) is 22.8 Å². The summed E-state index contributed by atoms with van der Waals surface area (Å²) in [5.74, 6) is 7.10. The predicted octanol–water partition coefficient (Wildman–Crippen LogP) is 4.84. The minimum Gasteiger partial charge on any atom is -0.497 e. The Morgan fingerprint density at radius 2 is 1.50 bits per heavy atom. The lowest BCUT2D eigenvalue weighted by Gasteiger charge is -2.08. The van der Waals surface area contributed by atoms with Crippen LogP contribution in [-0.2, 0) is 4.84 Å². The summed E-state index contributed by atoms with van der Waals surface area (Å²) < 4.78 is 5.15. The van der Waals surface area contributed by atoms with Crippen molar-refractivity contribution in [1.29, 1.82) is 0 Å². The first-order chi connectivity index (χ1) is 12.8. The molecule has 128 valence electrons. The highest BCUT2D eigenvalue weighted by molar-refractivity contribution is 5.79. The summed E-state index contributed by atoms with van der Waals surface area (Å²) in [5, 5.41) is 4.12. The molecule has 1 unspecified atom stereocenters. The van der Waals surface area contributed by atoms with Crippen molar-refractivity contribution in [1.82, 2.24) is 0 Å². The first-order valence-electron chi connectivity index (χ1n) is 8.30. The number of nitrogens with zero attached hydrogens (tertiary/aromatic N) is 1. The molecule has 0 saturated heterocycles. The fraction of sp³-hybridized carbons (Fsp3) is 0.0870. The van der Waals surface area contributed by atoms with Gasteiger partial charge in [-0.2, -0.15) is 0 Å². The van der Waals surface area contributed by atoms with E-state index in [0.29, 0.717) is 0 Å². The van der Waals surface area contributed by atoms with E-state index in [1.807, 2.05) is 84.9 Å². The molecule has 3 rings (SSSR count). The van der Waals surface area contributed by atoms with E-state index >= 15 is 0 Å². The van der Waals surface area contributed by atoms with Gasteiger partial charge in [0.05, 0.1) is 13.3 Å². The van der Waals surface area contributed by atoms with E-state index in [9.17, 15) is 0 Å². The quantitative estimate of drug-likeness (QED) is 0.378. The van der Waals surface area contributed by atoms with Crippen molar-refractivity contribution in [3.8, 4) is 17.6 Å². The number of hydrogen-bond donors (Lipinski definition) is 0. The first kappa shape index (κ1) is 17.3. The molecule has 3 heteroatoms. The Bertz CT molecular complexity index is 892.